The number of hydrogen-bond acceptors (Lipinski definition) is 2. The highest BCUT2D eigenvalue weighted by molar-refractivity contribution is 7.69. The lowest BCUT2D eigenvalue weighted by molar-refractivity contribution is 0.421. The van der Waals surface area contributed by atoms with Crippen LogP contribution in [0.25, 0.3) is 0 Å². The van der Waals surface area contributed by atoms with Gasteiger partial charge >= 0.3 is 0 Å². The molecule has 1 aromatic carbocycles. The van der Waals surface area contributed by atoms with Crippen LogP contribution in [-0.4, -0.2) is 5.16 Å². The Morgan fingerprint density at radius 2 is 1.80 bits per heavy atom. The van der Waals surface area contributed by atoms with Gasteiger partial charge in [-0.1, -0.05) is 18.2 Å². The number of benzene rings is 1. The van der Waals surface area contributed by atoms with Crippen LogP contribution in [0.1, 0.15) is 20.8 Å². The Hall–Kier alpha value is -1.01. The Morgan fingerprint density at radius 1 is 1.20 bits per heavy atom. The fraction of sp³-hybridized carbons (Fsp3) is 0.333. The number of rotatable bonds is 1. The van der Waals surface area contributed by atoms with Crippen molar-refractivity contribution in [3.8, 4) is 0 Å². The first kappa shape index (κ1) is 10.5. The predicted molar refractivity (Wildman–Crippen MR) is 62.6 cm³/mol. The molecule has 0 fully saturated rings. The largest absolute Gasteiger partial charge is 0.444 e. The van der Waals surface area contributed by atoms with Crippen LogP contribution in [0.15, 0.2) is 42.2 Å². The molecule has 1 unspecified atom stereocenters. The second-order valence-corrected chi connectivity index (χ2v) is 7.34. The van der Waals surface area contributed by atoms with Gasteiger partial charge in [0.2, 0.25) is 0 Å². The van der Waals surface area contributed by atoms with Crippen molar-refractivity contribution in [3.63, 3.8) is 0 Å². The highest BCUT2D eigenvalue weighted by atomic mass is 31.2. The lowest BCUT2D eigenvalue weighted by atomic mass is 10.2. The second-order valence-electron chi connectivity index (χ2n) is 4.39. The maximum atomic E-state index is 12.8. The van der Waals surface area contributed by atoms with E-state index in [9.17, 15) is 4.57 Å². The third-order valence-electron chi connectivity index (χ3n) is 2.68. The topological polar surface area (TPSA) is 26.3 Å². The van der Waals surface area contributed by atoms with Crippen LogP contribution in [0, 0.1) is 0 Å². The van der Waals surface area contributed by atoms with Crippen LogP contribution in [-0.2, 0) is 9.09 Å². The standard InChI is InChI=1S/C12H15O2P/c1-10-9-12(2,3)15(13,14-10)11-7-5-4-6-8-11/h4-9H,1-3H3. The summed E-state index contributed by atoms with van der Waals surface area (Å²) < 4.78 is 18.4. The molecule has 0 saturated carbocycles. The van der Waals surface area contributed by atoms with Crippen LogP contribution < -0.4 is 5.30 Å². The molecule has 0 bridgehead atoms. The Labute approximate surface area is 90.4 Å². The monoisotopic (exact) mass is 222 g/mol. The normalized spacial score (nSPS) is 28.3. The summed E-state index contributed by atoms with van der Waals surface area (Å²) in [6.07, 6.45) is 1.95. The first-order chi connectivity index (χ1) is 6.96. The minimum Gasteiger partial charge on any atom is -0.444 e. The lowest BCUT2D eigenvalue weighted by Crippen LogP contribution is -2.21. The van der Waals surface area contributed by atoms with Crippen molar-refractivity contribution in [1.29, 1.82) is 0 Å². The Bertz CT molecular complexity index is 446. The average Bonchev–Trinajstić information content (AvgIpc) is 2.38. The van der Waals surface area contributed by atoms with Gasteiger partial charge in [-0.3, -0.25) is 4.57 Å². The highest BCUT2D eigenvalue weighted by Gasteiger charge is 2.47. The molecule has 0 N–H and O–H groups in total. The molecule has 1 aliphatic rings. The Kier molecular flexibility index (Phi) is 2.27. The van der Waals surface area contributed by atoms with Crippen LogP contribution in [0.5, 0.6) is 0 Å². The fourth-order valence-corrected chi connectivity index (χ4v) is 4.32. The van der Waals surface area contributed by atoms with Crippen molar-refractivity contribution in [3.05, 3.63) is 42.2 Å². The molecule has 1 atom stereocenters. The van der Waals surface area contributed by atoms with Crippen molar-refractivity contribution in [2.75, 3.05) is 0 Å². The quantitative estimate of drug-likeness (QED) is 0.681. The lowest BCUT2D eigenvalue weighted by Gasteiger charge is -2.25. The van der Waals surface area contributed by atoms with E-state index in [2.05, 4.69) is 0 Å². The van der Waals surface area contributed by atoms with E-state index in [1.807, 2.05) is 57.2 Å². The van der Waals surface area contributed by atoms with Gasteiger partial charge in [0.05, 0.1) is 10.9 Å². The van der Waals surface area contributed by atoms with E-state index >= 15 is 0 Å². The molecule has 15 heavy (non-hydrogen) atoms. The van der Waals surface area contributed by atoms with Crippen LogP contribution in [0.2, 0.25) is 0 Å². The zero-order valence-electron chi connectivity index (χ0n) is 9.23. The van der Waals surface area contributed by atoms with Crippen molar-refractivity contribution in [2.45, 2.75) is 25.9 Å². The third kappa shape index (κ3) is 1.53. The summed E-state index contributed by atoms with van der Waals surface area (Å²) >= 11 is 0. The molecular weight excluding hydrogens is 207 g/mol. The molecular formula is C12H15O2P. The predicted octanol–water partition coefficient (Wildman–Crippen LogP) is 3.30. The molecule has 1 heterocycles. The van der Waals surface area contributed by atoms with Gasteiger partial charge in [0.15, 0.2) is 0 Å². The molecule has 2 nitrogen and oxygen atoms in total. The fourth-order valence-electron chi connectivity index (χ4n) is 1.94. The SMILES string of the molecule is CC1=CC(C)(C)P(=O)(c2ccccc2)O1. The molecule has 0 aromatic heterocycles. The van der Waals surface area contributed by atoms with Gasteiger partial charge in [-0.2, -0.15) is 0 Å². The van der Waals surface area contributed by atoms with Crippen LogP contribution >= 0.6 is 7.37 Å². The molecule has 0 radical (unpaired) electrons. The van der Waals surface area contributed by atoms with Gasteiger partial charge in [0, 0.05) is 5.30 Å². The molecule has 1 aromatic rings. The summed E-state index contributed by atoms with van der Waals surface area (Å²) in [4.78, 5) is 0. The molecule has 1 aliphatic heterocycles. The van der Waals surface area contributed by atoms with Gasteiger partial charge in [0.1, 0.15) is 0 Å². The molecule has 0 spiro atoms. The summed E-state index contributed by atoms with van der Waals surface area (Å²) in [7, 11) is -2.77. The van der Waals surface area contributed by atoms with Gasteiger partial charge in [-0.25, -0.2) is 0 Å². The first-order valence-electron chi connectivity index (χ1n) is 5.00. The first-order valence-corrected chi connectivity index (χ1v) is 6.63. The van der Waals surface area contributed by atoms with Crippen LogP contribution in [0.3, 0.4) is 0 Å². The van der Waals surface area contributed by atoms with Crippen molar-refractivity contribution in [2.24, 2.45) is 0 Å². The molecule has 80 valence electrons. The summed E-state index contributed by atoms with van der Waals surface area (Å²) in [5.41, 5.74) is 0. The molecule has 3 heteroatoms. The van der Waals surface area contributed by atoms with E-state index in [1.54, 1.807) is 0 Å². The van der Waals surface area contributed by atoms with E-state index in [4.69, 9.17) is 4.52 Å². The summed E-state index contributed by atoms with van der Waals surface area (Å²) in [6.45, 7) is 5.76. The summed E-state index contributed by atoms with van der Waals surface area (Å²) in [5, 5.41) is 0.390. The summed E-state index contributed by atoms with van der Waals surface area (Å²) in [5.74, 6) is 0.757. The average molecular weight is 222 g/mol. The van der Waals surface area contributed by atoms with E-state index in [1.165, 1.54) is 0 Å². The van der Waals surface area contributed by atoms with E-state index in [0.29, 0.717) is 0 Å². The minimum atomic E-state index is -2.77. The maximum Gasteiger partial charge on any atom is 0.286 e. The van der Waals surface area contributed by atoms with Gasteiger partial charge in [-0.15, -0.1) is 0 Å². The van der Waals surface area contributed by atoms with E-state index in [0.717, 1.165) is 11.1 Å². The molecule has 0 amide bonds. The Balaban J connectivity index is 2.51. The third-order valence-corrected chi connectivity index (χ3v) is 5.85. The Morgan fingerprint density at radius 3 is 2.27 bits per heavy atom. The van der Waals surface area contributed by atoms with Gasteiger partial charge in [-0.05, 0) is 39.0 Å². The smallest absolute Gasteiger partial charge is 0.286 e. The second kappa shape index (κ2) is 3.24. The zero-order valence-corrected chi connectivity index (χ0v) is 10.1. The number of hydrogen-bond donors (Lipinski definition) is 0. The molecule has 0 aliphatic carbocycles. The van der Waals surface area contributed by atoms with Crippen LogP contribution in [0.4, 0.5) is 0 Å². The van der Waals surface area contributed by atoms with Crippen molar-refractivity contribution >= 4 is 12.7 Å². The number of allylic oxidation sites excluding steroid dienone is 2. The minimum absolute atomic E-state index is 0.404. The zero-order chi connectivity index (χ0) is 11.1. The highest BCUT2D eigenvalue weighted by Crippen LogP contribution is 2.63. The molecule has 0 saturated heterocycles. The van der Waals surface area contributed by atoms with E-state index < -0.39 is 12.5 Å². The van der Waals surface area contributed by atoms with Crippen molar-refractivity contribution < 1.29 is 9.09 Å². The maximum absolute atomic E-state index is 12.8. The van der Waals surface area contributed by atoms with Gasteiger partial charge in [0.25, 0.3) is 7.37 Å². The van der Waals surface area contributed by atoms with E-state index in [-0.39, 0.29) is 0 Å². The van der Waals surface area contributed by atoms with Gasteiger partial charge < -0.3 is 4.52 Å². The molecule has 2 rings (SSSR count). The summed E-state index contributed by atoms with van der Waals surface area (Å²) in [6, 6.07) is 9.44. The van der Waals surface area contributed by atoms with Crippen molar-refractivity contribution in [1.82, 2.24) is 0 Å².